The molecule has 1 N–H and O–H groups in total. The number of amides is 2. The van der Waals surface area contributed by atoms with Crippen LogP contribution in [0.15, 0.2) is 54.6 Å². The van der Waals surface area contributed by atoms with Crippen molar-refractivity contribution in [1.29, 1.82) is 0 Å². The number of carbonyl (C=O) groups is 2. The Balaban J connectivity index is 1.61. The average Bonchev–Trinajstić information content (AvgIpc) is 2.79. The molecule has 1 saturated heterocycles. The van der Waals surface area contributed by atoms with E-state index in [2.05, 4.69) is 0 Å². The SMILES string of the molecule is O=C(COc1ccccc1)N1CC(=O)N(Cc2cccc(F)c2)CC(O)C1. The number of halogens is 1. The minimum atomic E-state index is -0.884. The van der Waals surface area contributed by atoms with Crippen LogP contribution in [0.3, 0.4) is 0 Å². The average molecular weight is 372 g/mol. The number of hydrogen-bond acceptors (Lipinski definition) is 4. The molecule has 6 nitrogen and oxygen atoms in total. The Morgan fingerprint density at radius 2 is 1.93 bits per heavy atom. The van der Waals surface area contributed by atoms with Gasteiger partial charge < -0.3 is 19.6 Å². The molecule has 2 aromatic carbocycles. The second-order valence-corrected chi connectivity index (χ2v) is 6.43. The Bertz CT molecular complexity index is 800. The van der Waals surface area contributed by atoms with Crippen molar-refractivity contribution < 1.29 is 23.8 Å². The van der Waals surface area contributed by atoms with Crippen LogP contribution < -0.4 is 4.74 Å². The summed E-state index contributed by atoms with van der Waals surface area (Å²) in [5.74, 6) is -0.506. The highest BCUT2D eigenvalue weighted by Crippen LogP contribution is 2.13. The Morgan fingerprint density at radius 1 is 1.15 bits per heavy atom. The van der Waals surface area contributed by atoms with Gasteiger partial charge in [-0.1, -0.05) is 30.3 Å². The summed E-state index contributed by atoms with van der Waals surface area (Å²) in [5, 5.41) is 10.2. The molecule has 1 unspecified atom stereocenters. The molecule has 0 saturated carbocycles. The number of para-hydroxylation sites is 1. The van der Waals surface area contributed by atoms with Crippen molar-refractivity contribution in [1.82, 2.24) is 9.80 Å². The van der Waals surface area contributed by atoms with Gasteiger partial charge in [0.15, 0.2) is 6.61 Å². The van der Waals surface area contributed by atoms with Crippen LogP contribution in [0, 0.1) is 5.82 Å². The Hall–Kier alpha value is -2.93. The van der Waals surface area contributed by atoms with Gasteiger partial charge in [0.25, 0.3) is 5.91 Å². The highest BCUT2D eigenvalue weighted by molar-refractivity contribution is 5.86. The molecule has 1 heterocycles. The van der Waals surface area contributed by atoms with Crippen molar-refractivity contribution in [3.05, 3.63) is 66.0 Å². The first kappa shape index (κ1) is 18.8. The maximum Gasteiger partial charge on any atom is 0.261 e. The second-order valence-electron chi connectivity index (χ2n) is 6.43. The molecular weight excluding hydrogens is 351 g/mol. The number of rotatable bonds is 5. The number of aliphatic hydroxyl groups excluding tert-OH is 1. The topological polar surface area (TPSA) is 70.1 Å². The quantitative estimate of drug-likeness (QED) is 0.862. The van der Waals surface area contributed by atoms with E-state index in [4.69, 9.17) is 4.74 Å². The number of nitrogens with zero attached hydrogens (tertiary/aromatic N) is 2. The van der Waals surface area contributed by atoms with E-state index < -0.39 is 6.10 Å². The third-order valence-corrected chi connectivity index (χ3v) is 4.26. The zero-order valence-corrected chi connectivity index (χ0v) is 14.8. The fraction of sp³-hybridized carbons (Fsp3) is 0.300. The molecule has 2 aromatic rings. The molecule has 3 rings (SSSR count). The summed E-state index contributed by atoms with van der Waals surface area (Å²) in [4.78, 5) is 27.6. The molecule has 1 aliphatic rings. The molecule has 27 heavy (non-hydrogen) atoms. The summed E-state index contributed by atoms with van der Waals surface area (Å²) in [5.41, 5.74) is 0.628. The van der Waals surface area contributed by atoms with Crippen LogP contribution in [0.25, 0.3) is 0 Å². The van der Waals surface area contributed by atoms with E-state index in [0.717, 1.165) is 0 Å². The molecule has 7 heteroatoms. The minimum Gasteiger partial charge on any atom is -0.484 e. The molecule has 1 atom stereocenters. The molecule has 0 aliphatic carbocycles. The number of hydrogen-bond donors (Lipinski definition) is 1. The molecule has 0 bridgehead atoms. The van der Waals surface area contributed by atoms with Gasteiger partial charge in [0.05, 0.1) is 12.6 Å². The van der Waals surface area contributed by atoms with Gasteiger partial charge in [-0.2, -0.15) is 0 Å². The van der Waals surface area contributed by atoms with Crippen LogP contribution in [-0.4, -0.2) is 59.1 Å². The zero-order chi connectivity index (χ0) is 19.2. The van der Waals surface area contributed by atoms with Crippen LogP contribution in [0.5, 0.6) is 5.75 Å². The van der Waals surface area contributed by atoms with Crippen LogP contribution in [0.1, 0.15) is 5.56 Å². The number of carbonyl (C=O) groups excluding carboxylic acids is 2. The molecule has 0 aromatic heterocycles. The first-order valence-corrected chi connectivity index (χ1v) is 8.67. The lowest BCUT2D eigenvalue weighted by molar-refractivity contribution is -0.140. The van der Waals surface area contributed by atoms with E-state index in [9.17, 15) is 19.1 Å². The van der Waals surface area contributed by atoms with Crippen molar-refractivity contribution in [3.63, 3.8) is 0 Å². The monoisotopic (exact) mass is 372 g/mol. The number of aliphatic hydroxyl groups is 1. The van der Waals surface area contributed by atoms with Gasteiger partial charge in [-0.25, -0.2) is 4.39 Å². The Morgan fingerprint density at radius 3 is 2.67 bits per heavy atom. The van der Waals surface area contributed by atoms with E-state index in [0.29, 0.717) is 11.3 Å². The highest BCUT2D eigenvalue weighted by Gasteiger charge is 2.29. The standard InChI is InChI=1S/C20H21FN2O4/c21-16-6-4-5-15(9-16)10-22-11-17(24)12-23(13-19(22)25)20(26)14-27-18-7-2-1-3-8-18/h1-9,17,24H,10-14H2. The van der Waals surface area contributed by atoms with Crippen molar-refractivity contribution in [2.24, 2.45) is 0 Å². The fourth-order valence-corrected chi connectivity index (χ4v) is 2.95. The molecule has 0 radical (unpaired) electrons. The molecule has 142 valence electrons. The van der Waals surface area contributed by atoms with Gasteiger partial charge in [-0.05, 0) is 29.8 Å². The van der Waals surface area contributed by atoms with Crippen molar-refractivity contribution in [3.8, 4) is 5.75 Å². The number of ether oxygens (including phenoxy) is 1. The van der Waals surface area contributed by atoms with Gasteiger partial charge >= 0.3 is 0 Å². The van der Waals surface area contributed by atoms with Crippen molar-refractivity contribution >= 4 is 11.8 Å². The van der Waals surface area contributed by atoms with E-state index in [1.807, 2.05) is 6.07 Å². The summed E-state index contributed by atoms with van der Waals surface area (Å²) in [6.45, 7) is -0.0610. The highest BCUT2D eigenvalue weighted by atomic mass is 19.1. The van der Waals surface area contributed by atoms with Gasteiger partial charge in [0.2, 0.25) is 5.91 Å². The Kier molecular flexibility index (Phi) is 6.03. The van der Waals surface area contributed by atoms with Gasteiger partial charge in [0, 0.05) is 19.6 Å². The second kappa shape index (κ2) is 8.64. The Labute approximate surface area is 156 Å². The van der Waals surface area contributed by atoms with Gasteiger partial charge in [-0.3, -0.25) is 9.59 Å². The lowest BCUT2D eigenvalue weighted by atomic mass is 10.2. The summed E-state index contributed by atoms with van der Waals surface area (Å²) >= 11 is 0. The maximum atomic E-state index is 13.3. The van der Waals surface area contributed by atoms with Crippen LogP contribution >= 0.6 is 0 Å². The smallest absolute Gasteiger partial charge is 0.261 e. The normalized spacial score (nSPS) is 17.6. The minimum absolute atomic E-state index is 0.0440. The van der Waals surface area contributed by atoms with Crippen molar-refractivity contribution in [2.75, 3.05) is 26.2 Å². The molecule has 1 aliphatic heterocycles. The molecular formula is C20H21FN2O4. The summed E-state index contributed by atoms with van der Waals surface area (Å²) in [6, 6.07) is 14.9. The van der Waals surface area contributed by atoms with Crippen LogP contribution in [0.2, 0.25) is 0 Å². The largest absolute Gasteiger partial charge is 0.484 e. The predicted octanol–water partition coefficient (Wildman–Crippen LogP) is 1.44. The van der Waals surface area contributed by atoms with Gasteiger partial charge in [0.1, 0.15) is 11.6 Å². The third kappa shape index (κ3) is 5.27. The van der Waals surface area contributed by atoms with E-state index in [1.54, 1.807) is 36.4 Å². The summed E-state index contributed by atoms with van der Waals surface area (Å²) < 4.78 is 18.8. The number of benzene rings is 2. The van der Waals surface area contributed by atoms with Crippen LogP contribution in [-0.2, 0) is 16.1 Å². The molecule has 2 amide bonds. The van der Waals surface area contributed by atoms with E-state index in [-0.39, 0.29) is 50.4 Å². The zero-order valence-electron chi connectivity index (χ0n) is 14.8. The van der Waals surface area contributed by atoms with E-state index >= 15 is 0 Å². The lowest BCUT2D eigenvalue weighted by Crippen LogP contribution is -2.41. The lowest BCUT2D eigenvalue weighted by Gasteiger charge is -2.22. The van der Waals surface area contributed by atoms with E-state index in [1.165, 1.54) is 21.9 Å². The van der Waals surface area contributed by atoms with Gasteiger partial charge in [-0.15, -0.1) is 0 Å². The maximum absolute atomic E-state index is 13.3. The number of β-amino-alcohol motifs (C(OH)–C–C–N with tert-alkyl or cyclic N) is 1. The summed E-state index contributed by atoms with van der Waals surface area (Å²) in [6.07, 6.45) is -0.884. The van der Waals surface area contributed by atoms with Crippen LogP contribution in [0.4, 0.5) is 4.39 Å². The first-order chi connectivity index (χ1) is 13.0. The van der Waals surface area contributed by atoms with Crippen molar-refractivity contribution in [2.45, 2.75) is 12.6 Å². The third-order valence-electron chi connectivity index (χ3n) is 4.26. The summed E-state index contributed by atoms with van der Waals surface area (Å²) in [7, 11) is 0. The first-order valence-electron chi connectivity index (χ1n) is 8.67. The fourth-order valence-electron chi connectivity index (χ4n) is 2.95. The molecule has 1 fully saturated rings. The molecule has 0 spiro atoms. The predicted molar refractivity (Wildman–Crippen MR) is 96.3 cm³/mol.